The number of nitrogen functional groups attached to an aromatic ring is 1. The molecule has 88 valence electrons. The van der Waals surface area contributed by atoms with E-state index in [2.05, 4.69) is 15.9 Å². The Morgan fingerprint density at radius 1 is 1.12 bits per heavy atom. The lowest BCUT2D eigenvalue weighted by molar-refractivity contribution is 0.414. The van der Waals surface area contributed by atoms with Crippen LogP contribution in [-0.2, 0) is 0 Å². The van der Waals surface area contributed by atoms with Gasteiger partial charge in [-0.05, 0) is 42.5 Å². The minimum absolute atomic E-state index is 0.763. The molecule has 0 aliphatic rings. The van der Waals surface area contributed by atoms with Crippen molar-refractivity contribution in [2.45, 2.75) is 9.79 Å². The number of anilines is 1. The van der Waals surface area contributed by atoms with Crippen molar-refractivity contribution >= 4 is 33.4 Å². The molecule has 0 atom stereocenters. The Bertz CT molecular complexity index is 513. The van der Waals surface area contributed by atoms with Crippen molar-refractivity contribution in [3.8, 4) is 5.75 Å². The molecule has 0 fully saturated rings. The summed E-state index contributed by atoms with van der Waals surface area (Å²) in [6.45, 7) is 0. The van der Waals surface area contributed by atoms with Gasteiger partial charge in [0.25, 0.3) is 0 Å². The number of hydrogen-bond donors (Lipinski definition) is 1. The van der Waals surface area contributed by atoms with Gasteiger partial charge in [-0.3, -0.25) is 0 Å². The maximum Gasteiger partial charge on any atom is 0.120 e. The Balaban J connectivity index is 2.25. The fourth-order valence-electron chi connectivity index (χ4n) is 1.36. The van der Waals surface area contributed by atoms with Crippen LogP contribution < -0.4 is 10.5 Å². The molecule has 2 aromatic carbocycles. The van der Waals surface area contributed by atoms with Crippen LogP contribution in [0.2, 0.25) is 0 Å². The average molecular weight is 310 g/mol. The minimum Gasteiger partial charge on any atom is -0.497 e. The number of benzene rings is 2. The SMILES string of the molecule is COc1ccc(N)c(Sc2ccc(Br)cc2)c1. The molecule has 0 heterocycles. The first-order chi connectivity index (χ1) is 8.19. The van der Waals surface area contributed by atoms with Gasteiger partial charge in [-0.2, -0.15) is 0 Å². The van der Waals surface area contributed by atoms with Gasteiger partial charge in [0.1, 0.15) is 5.75 Å². The highest BCUT2D eigenvalue weighted by Gasteiger charge is 2.04. The molecule has 0 amide bonds. The first-order valence-corrected chi connectivity index (χ1v) is 6.67. The number of methoxy groups -OCH3 is 1. The quantitative estimate of drug-likeness (QED) is 0.863. The van der Waals surface area contributed by atoms with E-state index in [4.69, 9.17) is 10.5 Å². The number of ether oxygens (including phenoxy) is 1. The molecule has 0 saturated heterocycles. The van der Waals surface area contributed by atoms with Crippen molar-refractivity contribution < 1.29 is 4.74 Å². The van der Waals surface area contributed by atoms with Crippen molar-refractivity contribution in [1.82, 2.24) is 0 Å². The van der Waals surface area contributed by atoms with Gasteiger partial charge < -0.3 is 10.5 Å². The van der Waals surface area contributed by atoms with Crippen molar-refractivity contribution in [1.29, 1.82) is 0 Å². The number of rotatable bonds is 3. The number of halogens is 1. The Labute approximate surface area is 113 Å². The van der Waals surface area contributed by atoms with Gasteiger partial charge in [0.15, 0.2) is 0 Å². The predicted octanol–water partition coefficient (Wildman–Crippen LogP) is 4.19. The highest BCUT2D eigenvalue weighted by atomic mass is 79.9. The van der Waals surface area contributed by atoms with Gasteiger partial charge in [-0.25, -0.2) is 0 Å². The molecule has 0 radical (unpaired) electrons. The normalized spacial score (nSPS) is 10.2. The first-order valence-electron chi connectivity index (χ1n) is 5.06. The molecule has 17 heavy (non-hydrogen) atoms. The average Bonchev–Trinajstić information content (AvgIpc) is 2.35. The fraction of sp³-hybridized carbons (Fsp3) is 0.0769. The van der Waals surface area contributed by atoms with E-state index in [1.807, 2.05) is 42.5 Å². The van der Waals surface area contributed by atoms with Gasteiger partial charge in [0.05, 0.1) is 7.11 Å². The van der Waals surface area contributed by atoms with Gasteiger partial charge in [-0.15, -0.1) is 0 Å². The van der Waals surface area contributed by atoms with E-state index in [1.165, 1.54) is 0 Å². The maximum absolute atomic E-state index is 5.94. The lowest BCUT2D eigenvalue weighted by Gasteiger charge is -2.07. The summed E-state index contributed by atoms with van der Waals surface area (Å²) in [7, 11) is 1.65. The third kappa shape index (κ3) is 3.17. The maximum atomic E-state index is 5.94. The van der Waals surface area contributed by atoms with Crippen LogP contribution in [0.4, 0.5) is 5.69 Å². The molecule has 4 heteroatoms. The van der Waals surface area contributed by atoms with Crippen LogP contribution in [0.25, 0.3) is 0 Å². The third-order valence-electron chi connectivity index (χ3n) is 2.26. The highest BCUT2D eigenvalue weighted by Crippen LogP contribution is 2.34. The summed E-state index contributed by atoms with van der Waals surface area (Å²) in [5.74, 6) is 0.818. The van der Waals surface area contributed by atoms with E-state index in [9.17, 15) is 0 Å². The summed E-state index contributed by atoms with van der Waals surface area (Å²) < 4.78 is 6.26. The minimum atomic E-state index is 0.763. The highest BCUT2D eigenvalue weighted by molar-refractivity contribution is 9.10. The van der Waals surface area contributed by atoms with E-state index in [0.29, 0.717) is 0 Å². The summed E-state index contributed by atoms with van der Waals surface area (Å²) in [6, 6.07) is 13.8. The molecule has 2 rings (SSSR count). The molecule has 2 nitrogen and oxygen atoms in total. The zero-order valence-electron chi connectivity index (χ0n) is 9.31. The van der Waals surface area contributed by atoms with E-state index < -0.39 is 0 Å². The van der Waals surface area contributed by atoms with Gasteiger partial charge in [0, 0.05) is 20.0 Å². The molecule has 0 saturated carbocycles. The lowest BCUT2D eigenvalue weighted by Crippen LogP contribution is -1.90. The van der Waals surface area contributed by atoms with E-state index in [1.54, 1.807) is 18.9 Å². The van der Waals surface area contributed by atoms with Crippen LogP contribution in [0.1, 0.15) is 0 Å². The Hall–Kier alpha value is -1.13. The number of nitrogens with two attached hydrogens (primary N) is 1. The standard InChI is InChI=1S/C13H12BrNOS/c1-16-10-4-7-12(15)13(8-10)17-11-5-2-9(14)3-6-11/h2-8H,15H2,1H3. The second-order valence-corrected chi connectivity index (χ2v) is 5.49. The van der Waals surface area contributed by atoms with Crippen LogP contribution in [0.15, 0.2) is 56.7 Å². The van der Waals surface area contributed by atoms with Crippen LogP contribution in [-0.4, -0.2) is 7.11 Å². The van der Waals surface area contributed by atoms with E-state index >= 15 is 0 Å². The lowest BCUT2D eigenvalue weighted by atomic mass is 10.3. The first kappa shape index (κ1) is 12.3. The topological polar surface area (TPSA) is 35.2 Å². The van der Waals surface area contributed by atoms with Crippen molar-refractivity contribution in [3.05, 3.63) is 46.9 Å². The molecular weight excluding hydrogens is 298 g/mol. The smallest absolute Gasteiger partial charge is 0.120 e. The molecular formula is C13H12BrNOS. The van der Waals surface area contributed by atoms with Crippen molar-refractivity contribution in [2.75, 3.05) is 12.8 Å². The van der Waals surface area contributed by atoms with Crippen LogP contribution in [0, 0.1) is 0 Å². The van der Waals surface area contributed by atoms with Gasteiger partial charge >= 0.3 is 0 Å². The van der Waals surface area contributed by atoms with E-state index in [-0.39, 0.29) is 0 Å². The van der Waals surface area contributed by atoms with Crippen LogP contribution in [0.3, 0.4) is 0 Å². The monoisotopic (exact) mass is 309 g/mol. The molecule has 0 aliphatic heterocycles. The second kappa shape index (κ2) is 5.47. The summed E-state index contributed by atoms with van der Waals surface area (Å²) in [4.78, 5) is 2.15. The molecule has 0 unspecified atom stereocenters. The zero-order chi connectivity index (χ0) is 12.3. The summed E-state index contributed by atoms with van der Waals surface area (Å²) in [5.41, 5.74) is 6.70. The molecule has 2 N–H and O–H groups in total. The molecule has 0 aliphatic carbocycles. The summed E-state index contributed by atoms with van der Waals surface area (Å²) in [5, 5.41) is 0. The Morgan fingerprint density at radius 3 is 2.47 bits per heavy atom. The largest absolute Gasteiger partial charge is 0.497 e. The van der Waals surface area contributed by atoms with Crippen molar-refractivity contribution in [2.24, 2.45) is 0 Å². The molecule has 2 aromatic rings. The predicted molar refractivity (Wildman–Crippen MR) is 75.7 cm³/mol. The fourth-order valence-corrected chi connectivity index (χ4v) is 2.51. The van der Waals surface area contributed by atoms with Crippen LogP contribution in [0.5, 0.6) is 5.75 Å². The van der Waals surface area contributed by atoms with E-state index in [0.717, 1.165) is 25.7 Å². The van der Waals surface area contributed by atoms with Gasteiger partial charge in [-0.1, -0.05) is 27.7 Å². The molecule has 0 bridgehead atoms. The van der Waals surface area contributed by atoms with Crippen LogP contribution >= 0.6 is 27.7 Å². The Morgan fingerprint density at radius 2 is 1.82 bits per heavy atom. The summed E-state index contributed by atoms with van der Waals surface area (Å²) >= 11 is 5.04. The zero-order valence-corrected chi connectivity index (χ0v) is 11.7. The summed E-state index contributed by atoms with van der Waals surface area (Å²) in [6.07, 6.45) is 0. The second-order valence-electron chi connectivity index (χ2n) is 3.46. The van der Waals surface area contributed by atoms with Gasteiger partial charge in [0.2, 0.25) is 0 Å². The molecule has 0 aromatic heterocycles. The molecule has 0 spiro atoms. The Kier molecular flexibility index (Phi) is 3.97. The van der Waals surface area contributed by atoms with Crippen molar-refractivity contribution in [3.63, 3.8) is 0 Å². The number of hydrogen-bond acceptors (Lipinski definition) is 3. The third-order valence-corrected chi connectivity index (χ3v) is 3.87.